The molecule has 0 bridgehead atoms. The van der Waals surface area contributed by atoms with Crippen LogP contribution in [0.5, 0.6) is 0 Å². The van der Waals surface area contributed by atoms with E-state index in [1.165, 1.54) is 0 Å². The first-order valence-electron chi connectivity index (χ1n) is 4.28. The number of rotatable bonds is 6. The van der Waals surface area contributed by atoms with Crippen LogP contribution in [0.15, 0.2) is 0 Å². The molecule has 66 valence electrons. The zero-order valence-electron chi connectivity index (χ0n) is 7.44. The van der Waals surface area contributed by atoms with Gasteiger partial charge in [-0.3, -0.25) is 5.41 Å². The average molecular weight is 158 g/mol. The van der Waals surface area contributed by atoms with Crippen LogP contribution < -0.4 is 5.48 Å². The fourth-order valence-electron chi connectivity index (χ4n) is 0.629. The second kappa shape index (κ2) is 7.54. The van der Waals surface area contributed by atoms with Crippen molar-refractivity contribution in [1.82, 2.24) is 5.48 Å². The summed E-state index contributed by atoms with van der Waals surface area (Å²) in [5, 5.41) is 7.29. The molecule has 0 aliphatic heterocycles. The van der Waals surface area contributed by atoms with Gasteiger partial charge in [0.15, 0.2) is 0 Å². The summed E-state index contributed by atoms with van der Waals surface area (Å²) in [6.07, 6.45) is 3.92. The molecule has 0 fully saturated rings. The lowest BCUT2D eigenvalue weighted by Crippen LogP contribution is -2.19. The normalized spacial score (nSPS) is 9.64. The Balaban J connectivity index is 3.09. The molecule has 3 heteroatoms. The summed E-state index contributed by atoms with van der Waals surface area (Å²) in [5.74, 6) is 0.348. The molecule has 0 aliphatic carbocycles. The minimum Gasteiger partial charge on any atom is -0.394 e. The highest BCUT2D eigenvalue weighted by Crippen LogP contribution is 1.95. The fraction of sp³-hybridized carbons (Fsp3) is 0.875. The summed E-state index contributed by atoms with van der Waals surface area (Å²) in [5.41, 5.74) is 2.72. The van der Waals surface area contributed by atoms with E-state index in [-0.39, 0.29) is 0 Å². The Hall–Kier alpha value is -0.570. The second-order valence-corrected chi connectivity index (χ2v) is 2.52. The summed E-state index contributed by atoms with van der Waals surface area (Å²) >= 11 is 0. The van der Waals surface area contributed by atoms with Gasteiger partial charge < -0.3 is 4.84 Å². The first kappa shape index (κ1) is 10.4. The van der Waals surface area contributed by atoms with E-state index in [1.807, 2.05) is 0 Å². The molecule has 0 spiro atoms. The van der Waals surface area contributed by atoms with Crippen LogP contribution in [0.25, 0.3) is 0 Å². The quantitative estimate of drug-likeness (QED) is 0.269. The first-order chi connectivity index (χ1) is 5.31. The maximum atomic E-state index is 7.29. The summed E-state index contributed by atoms with van der Waals surface area (Å²) in [6.45, 7) is 4.98. The van der Waals surface area contributed by atoms with Gasteiger partial charge in [-0.25, -0.2) is 0 Å². The highest BCUT2D eigenvalue weighted by molar-refractivity contribution is 5.72. The number of hydrogen-bond donors (Lipinski definition) is 2. The number of hydroxylamine groups is 1. The molecule has 0 saturated heterocycles. The fourth-order valence-corrected chi connectivity index (χ4v) is 0.629. The molecule has 0 atom stereocenters. The Labute approximate surface area is 68.6 Å². The Bertz CT molecular complexity index is 104. The Morgan fingerprint density at radius 3 is 2.64 bits per heavy atom. The Morgan fingerprint density at radius 2 is 2.09 bits per heavy atom. The average Bonchev–Trinajstić information content (AvgIpc) is 2.01. The van der Waals surface area contributed by atoms with Crippen molar-refractivity contribution in [3.8, 4) is 0 Å². The SMILES string of the molecule is CCCCC(=N)ONCCC. The van der Waals surface area contributed by atoms with Crippen LogP contribution in [0, 0.1) is 5.41 Å². The van der Waals surface area contributed by atoms with Gasteiger partial charge in [0.05, 0.1) is 0 Å². The smallest absolute Gasteiger partial charge is 0.206 e. The zero-order valence-corrected chi connectivity index (χ0v) is 7.44. The van der Waals surface area contributed by atoms with Crippen LogP contribution in [0.4, 0.5) is 0 Å². The maximum Gasteiger partial charge on any atom is 0.206 e. The summed E-state index contributed by atoms with van der Waals surface area (Å²) in [6, 6.07) is 0. The Kier molecular flexibility index (Phi) is 7.15. The van der Waals surface area contributed by atoms with Crippen molar-refractivity contribution in [2.45, 2.75) is 39.5 Å². The van der Waals surface area contributed by atoms with Gasteiger partial charge in [0, 0.05) is 13.0 Å². The van der Waals surface area contributed by atoms with Crippen molar-refractivity contribution in [1.29, 1.82) is 5.41 Å². The van der Waals surface area contributed by atoms with E-state index in [9.17, 15) is 0 Å². The molecule has 0 rings (SSSR count). The molecular weight excluding hydrogens is 140 g/mol. The predicted octanol–water partition coefficient (Wildman–Crippen LogP) is 2.09. The number of hydrogen-bond acceptors (Lipinski definition) is 3. The number of unbranched alkanes of at least 4 members (excludes halogenated alkanes) is 1. The van der Waals surface area contributed by atoms with Crippen molar-refractivity contribution < 1.29 is 4.84 Å². The first-order valence-corrected chi connectivity index (χ1v) is 4.28. The van der Waals surface area contributed by atoms with Gasteiger partial charge in [0.2, 0.25) is 5.90 Å². The second-order valence-electron chi connectivity index (χ2n) is 2.52. The third kappa shape index (κ3) is 7.33. The third-order valence-electron chi connectivity index (χ3n) is 1.30. The van der Waals surface area contributed by atoms with Gasteiger partial charge in [-0.1, -0.05) is 20.3 Å². The lowest BCUT2D eigenvalue weighted by atomic mass is 10.2. The molecule has 2 N–H and O–H groups in total. The van der Waals surface area contributed by atoms with Gasteiger partial charge in [-0.05, 0) is 12.8 Å². The molecule has 11 heavy (non-hydrogen) atoms. The summed E-state index contributed by atoms with van der Waals surface area (Å²) in [7, 11) is 0. The van der Waals surface area contributed by atoms with Gasteiger partial charge in [-0.2, -0.15) is 5.48 Å². The topological polar surface area (TPSA) is 45.1 Å². The minimum atomic E-state index is 0.348. The standard InChI is InChI=1S/C8H18N2O/c1-3-5-6-8(9)11-10-7-4-2/h9-10H,3-7H2,1-2H3. The van der Waals surface area contributed by atoms with Crippen molar-refractivity contribution in [3.63, 3.8) is 0 Å². The van der Waals surface area contributed by atoms with Gasteiger partial charge in [0.25, 0.3) is 0 Å². The predicted molar refractivity (Wildman–Crippen MR) is 46.6 cm³/mol. The van der Waals surface area contributed by atoms with Gasteiger partial charge >= 0.3 is 0 Å². The monoisotopic (exact) mass is 158 g/mol. The summed E-state index contributed by atoms with van der Waals surface area (Å²) in [4.78, 5) is 4.92. The van der Waals surface area contributed by atoms with E-state index in [0.717, 1.165) is 32.2 Å². The largest absolute Gasteiger partial charge is 0.394 e. The third-order valence-corrected chi connectivity index (χ3v) is 1.30. The van der Waals surface area contributed by atoms with E-state index in [1.54, 1.807) is 0 Å². The minimum absolute atomic E-state index is 0.348. The summed E-state index contributed by atoms with van der Waals surface area (Å²) < 4.78 is 0. The van der Waals surface area contributed by atoms with Gasteiger partial charge in [-0.15, -0.1) is 0 Å². The van der Waals surface area contributed by atoms with Crippen LogP contribution >= 0.6 is 0 Å². The molecule has 0 aliphatic rings. The van der Waals surface area contributed by atoms with Crippen LogP contribution in [0.1, 0.15) is 39.5 Å². The van der Waals surface area contributed by atoms with E-state index in [4.69, 9.17) is 10.2 Å². The van der Waals surface area contributed by atoms with Crippen molar-refractivity contribution in [2.75, 3.05) is 6.54 Å². The van der Waals surface area contributed by atoms with Crippen LogP contribution in [0.2, 0.25) is 0 Å². The highest BCUT2D eigenvalue weighted by Gasteiger charge is 1.95. The zero-order chi connectivity index (χ0) is 8.53. The molecule has 0 aromatic heterocycles. The lowest BCUT2D eigenvalue weighted by Gasteiger charge is -2.05. The molecule has 3 nitrogen and oxygen atoms in total. The van der Waals surface area contributed by atoms with Crippen molar-refractivity contribution in [2.24, 2.45) is 0 Å². The van der Waals surface area contributed by atoms with Gasteiger partial charge in [0.1, 0.15) is 0 Å². The van der Waals surface area contributed by atoms with E-state index in [0.29, 0.717) is 5.90 Å². The molecule has 0 amide bonds. The van der Waals surface area contributed by atoms with Crippen LogP contribution in [-0.2, 0) is 4.84 Å². The molecule has 0 aromatic carbocycles. The Morgan fingerprint density at radius 1 is 1.36 bits per heavy atom. The lowest BCUT2D eigenvalue weighted by molar-refractivity contribution is 0.173. The van der Waals surface area contributed by atoms with Crippen LogP contribution in [0.3, 0.4) is 0 Å². The van der Waals surface area contributed by atoms with E-state index in [2.05, 4.69) is 19.3 Å². The molecule has 0 aromatic rings. The van der Waals surface area contributed by atoms with Crippen LogP contribution in [-0.4, -0.2) is 12.4 Å². The molecular formula is C8H18N2O. The van der Waals surface area contributed by atoms with Crippen molar-refractivity contribution in [3.05, 3.63) is 0 Å². The highest BCUT2D eigenvalue weighted by atomic mass is 16.7. The molecule has 0 heterocycles. The molecule has 0 saturated carbocycles. The van der Waals surface area contributed by atoms with E-state index >= 15 is 0 Å². The number of nitrogens with one attached hydrogen (secondary N) is 2. The molecule has 0 radical (unpaired) electrons. The molecule has 0 unspecified atom stereocenters. The maximum absolute atomic E-state index is 7.29. The van der Waals surface area contributed by atoms with Crippen molar-refractivity contribution >= 4 is 5.90 Å². The van der Waals surface area contributed by atoms with E-state index < -0.39 is 0 Å².